The molecule has 0 amide bonds. The minimum absolute atomic E-state index is 0.0782. The first-order chi connectivity index (χ1) is 6.81. The van der Waals surface area contributed by atoms with Crippen LogP contribution in [0.5, 0.6) is 0 Å². The van der Waals surface area contributed by atoms with E-state index in [0.29, 0.717) is 12.1 Å². The van der Waals surface area contributed by atoms with Gasteiger partial charge in [0.05, 0.1) is 0 Å². The SMILES string of the molecule is NC(CCO)c1ccc2nnnn2c1. The highest BCUT2D eigenvalue weighted by Crippen LogP contribution is 2.13. The number of nitrogens with zero attached hydrogens (tertiary/aromatic N) is 4. The standard InChI is InChI=1S/C8H11N5O/c9-7(3-4-14)6-1-2-8-10-11-12-13(8)5-6/h1-2,5,7,14H,3-4,9H2. The van der Waals surface area contributed by atoms with Crippen LogP contribution in [0.3, 0.4) is 0 Å². The maximum absolute atomic E-state index is 8.74. The van der Waals surface area contributed by atoms with E-state index in [4.69, 9.17) is 10.8 Å². The molecule has 6 nitrogen and oxygen atoms in total. The molecule has 0 saturated carbocycles. The van der Waals surface area contributed by atoms with Gasteiger partial charge in [-0.3, -0.25) is 0 Å². The molecule has 2 aromatic heterocycles. The molecule has 14 heavy (non-hydrogen) atoms. The third-order valence-corrected chi connectivity index (χ3v) is 2.08. The molecule has 1 atom stereocenters. The van der Waals surface area contributed by atoms with E-state index in [1.807, 2.05) is 6.07 Å². The van der Waals surface area contributed by atoms with Gasteiger partial charge in [0.2, 0.25) is 0 Å². The van der Waals surface area contributed by atoms with Crippen LogP contribution >= 0.6 is 0 Å². The molecule has 0 aliphatic rings. The number of tetrazole rings is 1. The minimum atomic E-state index is -0.173. The van der Waals surface area contributed by atoms with Gasteiger partial charge in [-0.15, -0.1) is 5.10 Å². The van der Waals surface area contributed by atoms with Crippen LogP contribution in [-0.4, -0.2) is 31.8 Å². The molecule has 0 aromatic carbocycles. The van der Waals surface area contributed by atoms with Crippen LogP contribution in [0.15, 0.2) is 18.3 Å². The molecule has 0 radical (unpaired) electrons. The summed E-state index contributed by atoms with van der Waals surface area (Å²) in [7, 11) is 0. The lowest BCUT2D eigenvalue weighted by molar-refractivity contribution is 0.276. The first kappa shape index (κ1) is 9.04. The molecule has 0 fully saturated rings. The van der Waals surface area contributed by atoms with E-state index in [0.717, 1.165) is 5.56 Å². The average Bonchev–Trinajstić information content (AvgIpc) is 2.64. The van der Waals surface area contributed by atoms with E-state index in [-0.39, 0.29) is 12.6 Å². The van der Waals surface area contributed by atoms with Crippen molar-refractivity contribution in [3.63, 3.8) is 0 Å². The van der Waals surface area contributed by atoms with Crippen molar-refractivity contribution < 1.29 is 5.11 Å². The zero-order valence-corrected chi connectivity index (χ0v) is 7.54. The maximum Gasteiger partial charge on any atom is 0.179 e. The Morgan fingerprint density at radius 3 is 3.14 bits per heavy atom. The lowest BCUT2D eigenvalue weighted by atomic mass is 10.1. The normalized spacial score (nSPS) is 13.3. The fourth-order valence-electron chi connectivity index (χ4n) is 1.28. The number of pyridine rings is 1. The van der Waals surface area contributed by atoms with E-state index >= 15 is 0 Å². The van der Waals surface area contributed by atoms with E-state index in [2.05, 4.69) is 15.5 Å². The predicted molar refractivity (Wildman–Crippen MR) is 49.4 cm³/mol. The van der Waals surface area contributed by atoms with Crippen molar-refractivity contribution in [2.45, 2.75) is 12.5 Å². The number of rotatable bonds is 3. The topological polar surface area (TPSA) is 89.3 Å². The van der Waals surface area contributed by atoms with Crippen LogP contribution in [0.4, 0.5) is 0 Å². The Labute approximate surface area is 80.3 Å². The van der Waals surface area contributed by atoms with E-state index < -0.39 is 0 Å². The fourth-order valence-corrected chi connectivity index (χ4v) is 1.28. The van der Waals surface area contributed by atoms with Gasteiger partial charge < -0.3 is 10.8 Å². The summed E-state index contributed by atoms with van der Waals surface area (Å²) < 4.78 is 1.56. The molecule has 0 spiro atoms. The number of aliphatic hydroxyl groups is 1. The van der Waals surface area contributed by atoms with Crippen molar-refractivity contribution >= 4 is 5.65 Å². The number of hydrogen-bond donors (Lipinski definition) is 2. The summed E-state index contributed by atoms with van der Waals surface area (Å²) in [6.45, 7) is 0.0782. The van der Waals surface area contributed by atoms with Gasteiger partial charge in [0, 0.05) is 18.8 Å². The summed E-state index contributed by atoms with van der Waals surface area (Å²) >= 11 is 0. The van der Waals surface area contributed by atoms with Gasteiger partial charge in [0.25, 0.3) is 0 Å². The van der Waals surface area contributed by atoms with Crippen molar-refractivity contribution in [3.05, 3.63) is 23.9 Å². The summed E-state index contributed by atoms with van der Waals surface area (Å²) in [4.78, 5) is 0. The minimum Gasteiger partial charge on any atom is -0.396 e. The predicted octanol–water partition coefficient (Wildman–Crippen LogP) is -0.494. The smallest absolute Gasteiger partial charge is 0.179 e. The van der Waals surface area contributed by atoms with Crippen LogP contribution in [-0.2, 0) is 0 Å². The highest BCUT2D eigenvalue weighted by Gasteiger charge is 2.06. The number of nitrogens with two attached hydrogens (primary N) is 1. The van der Waals surface area contributed by atoms with Gasteiger partial charge in [-0.1, -0.05) is 6.07 Å². The maximum atomic E-state index is 8.74. The third kappa shape index (κ3) is 1.57. The Morgan fingerprint density at radius 2 is 2.36 bits per heavy atom. The molecule has 6 heteroatoms. The number of fused-ring (bicyclic) bond motifs is 1. The molecule has 74 valence electrons. The van der Waals surface area contributed by atoms with Crippen LogP contribution < -0.4 is 5.73 Å². The first-order valence-corrected chi connectivity index (χ1v) is 4.35. The monoisotopic (exact) mass is 193 g/mol. The highest BCUT2D eigenvalue weighted by molar-refractivity contribution is 5.36. The van der Waals surface area contributed by atoms with Crippen LogP contribution in [0.25, 0.3) is 5.65 Å². The van der Waals surface area contributed by atoms with Crippen molar-refractivity contribution in [2.75, 3.05) is 6.61 Å². The molecule has 0 aliphatic heterocycles. The molecule has 0 aliphatic carbocycles. The highest BCUT2D eigenvalue weighted by atomic mass is 16.3. The lowest BCUT2D eigenvalue weighted by Gasteiger charge is -2.09. The van der Waals surface area contributed by atoms with E-state index in [9.17, 15) is 0 Å². The van der Waals surface area contributed by atoms with E-state index in [1.165, 1.54) is 0 Å². The molecule has 0 bridgehead atoms. The molecular formula is C8H11N5O. The zero-order valence-electron chi connectivity index (χ0n) is 7.54. The molecular weight excluding hydrogens is 182 g/mol. The second kappa shape index (κ2) is 3.69. The Balaban J connectivity index is 2.33. The molecule has 3 N–H and O–H groups in total. The van der Waals surface area contributed by atoms with Crippen molar-refractivity contribution in [2.24, 2.45) is 5.73 Å². The van der Waals surface area contributed by atoms with Crippen LogP contribution in [0, 0.1) is 0 Å². The molecule has 1 unspecified atom stereocenters. The fraction of sp³-hybridized carbons (Fsp3) is 0.375. The van der Waals surface area contributed by atoms with E-state index in [1.54, 1.807) is 16.8 Å². The zero-order chi connectivity index (χ0) is 9.97. The Hall–Kier alpha value is -1.53. The van der Waals surface area contributed by atoms with Crippen LogP contribution in [0.2, 0.25) is 0 Å². The number of hydrogen-bond acceptors (Lipinski definition) is 5. The lowest BCUT2D eigenvalue weighted by Crippen LogP contribution is -2.12. The average molecular weight is 193 g/mol. The third-order valence-electron chi connectivity index (χ3n) is 2.08. The quantitative estimate of drug-likeness (QED) is 0.686. The van der Waals surface area contributed by atoms with Gasteiger partial charge in [0.1, 0.15) is 0 Å². The van der Waals surface area contributed by atoms with Crippen LogP contribution in [0.1, 0.15) is 18.0 Å². The van der Waals surface area contributed by atoms with Crippen molar-refractivity contribution in [1.82, 2.24) is 20.0 Å². The first-order valence-electron chi connectivity index (χ1n) is 4.35. The summed E-state index contributed by atoms with van der Waals surface area (Å²) in [5, 5.41) is 19.8. The largest absolute Gasteiger partial charge is 0.396 e. The second-order valence-corrected chi connectivity index (χ2v) is 3.06. The van der Waals surface area contributed by atoms with Gasteiger partial charge in [-0.05, 0) is 28.5 Å². The van der Waals surface area contributed by atoms with Gasteiger partial charge in [-0.2, -0.15) is 0 Å². The van der Waals surface area contributed by atoms with Crippen molar-refractivity contribution in [1.29, 1.82) is 0 Å². The second-order valence-electron chi connectivity index (χ2n) is 3.06. The molecule has 2 heterocycles. The number of aliphatic hydroxyl groups excluding tert-OH is 1. The number of aromatic nitrogens is 4. The summed E-state index contributed by atoms with van der Waals surface area (Å²) in [6, 6.07) is 3.49. The molecule has 2 rings (SSSR count). The van der Waals surface area contributed by atoms with Gasteiger partial charge >= 0.3 is 0 Å². The molecule has 0 saturated heterocycles. The summed E-state index contributed by atoms with van der Waals surface area (Å²) in [6.07, 6.45) is 2.31. The Kier molecular flexibility index (Phi) is 2.38. The Bertz CT molecular complexity index is 426. The summed E-state index contributed by atoms with van der Waals surface area (Å²) in [5.74, 6) is 0. The van der Waals surface area contributed by atoms with Gasteiger partial charge in [0.15, 0.2) is 5.65 Å². The van der Waals surface area contributed by atoms with Gasteiger partial charge in [-0.25, -0.2) is 4.52 Å². The van der Waals surface area contributed by atoms with Crippen molar-refractivity contribution in [3.8, 4) is 0 Å². The summed E-state index contributed by atoms with van der Waals surface area (Å²) in [5.41, 5.74) is 7.42. The molecule has 2 aromatic rings. The Morgan fingerprint density at radius 1 is 1.50 bits per heavy atom.